The van der Waals surface area contributed by atoms with E-state index in [0.29, 0.717) is 6.04 Å². The zero-order chi connectivity index (χ0) is 16.2. The number of alkyl halides is 3. The zero-order valence-electron chi connectivity index (χ0n) is 13.0. The molecular formula is C18H19Cl3N2. The molecule has 1 fully saturated rings. The highest BCUT2D eigenvalue weighted by Crippen LogP contribution is 2.50. The van der Waals surface area contributed by atoms with Crippen LogP contribution in [0.2, 0.25) is 0 Å². The Bertz CT molecular complexity index is 772. The van der Waals surface area contributed by atoms with Crippen molar-refractivity contribution in [1.29, 1.82) is 0 Å². The van der Waals surface area contributed by atoms with Gasteiger partial charge in [0.1, 0.15) is 0 Å². The van der Waals surface area contributed by atoms with Gasteiger partial charge in [-0.15, -0.1) is 0 Å². The van der Waals surface area contributed by atoms with Crippen LogP contribution in [0.15, 0.2) is 35.9 Å². The highest BCUT2D eigenvalue weighted by Gasteiger charge is 2.44. The minimum absolute atomic E-state index is 0.0314. The molecule has 1 aromatic heterocycles. The van der Waals surface area contributed by atoms with E-state index in [9.17, 15) is 0 Å². The number of fused-ring (bicyclic) bond motifs is 5. The van der Waals surface area contributed by atoms with Crippen molar-refractivity contribution in [2.75, 3.05) is 13.1 Å². The van der Waals surface area contributed by atoms with Crippen LogP contribution in [-0.2, 0) is 6.42 Å². The van der Waals surface area contributed by atoms with Gasteiger partial charge in [0, 0.05) is 35.6 Å². The molecule has 1 N–H and O–H groups in total. The molecule has 1 saturated heterocycles. The predicted octanol–water partition coefficient (Wildman–Crippen LogP) is 5.40. The largest absolute Gasteiger partial charge is 0.357 e. The fourth-order valence-corrected chi connectivity index (χ4v) is 4.87. The molecule has 0 amide bonds. The van der Waals surface area contributed by atoms with Gasteiger partial charge in [-0.2, -0.15) is 0 Å². The van der Waals surface area contributed by atoms with Gasteiger partial charge in [-0.05, 0) is 31.4 Å². The second kappa shape index (κ2) is 5.70. The highest BCUT2D eigenvalue weighted by atomic mass is 35.6. The Morgan fingerprint density at radius 2 is 2.04 bits per heavy atom. The molecule has 0 aliphatic carbocycles. The van der Waals surface area contributed by atoms with Crippen molar-refractivity contribution in [2.24, 2.45) is 5.92 Å². The first-order valence-corrected chi connectivity index (χ1v) is 9.17. The molecule has 0 unspecified atom stereocenters. The van der Waals surface area contributed by atoms with Crippen LogP contribution < -0.4 is 0 Å². The average Bonchev–Trinajstić information content (AvgIpc) is 2.91. The van der Waals surface area contributed by atoms with Gasteiger partial charge in [0.15, 0.2) is 3.79 Å². The van der Waals surface area contributed by atoms with Crippen molar-refractivity contribution >= 4 is 45.7 Å². The Kier molecular flexibility index (Phi) is 3.92. The third-order valence-electron chi connectivity index (χ3n) is 5.33. The van der Waals surface area contributed by atoms with E-state index in [1.807, 2.05) is 6.92 Å². The van der Waals surface area contributed by atoms with Crippen LogP contribution in [0.4, 0.5) is 0 Å². The van der Waals surface area contributed by atoms with Crippen molar-refractivity contribution in [1.82, 2.24) is 9.88 Å². The van der Waals surface area contributed by atoms with E-state index >= 15 is 0 Å². The molecule has 122 valence electrons. The van der Waals surface area contributed by atoms with E-state index in [4.69, 9.17) is 34.8 Å². The first-order valence-electron chi connectivity index (χ1n) is 8.04. The maximum Gasteiger partial charge on any atom is 0.197 e. The fourth-order valence-electron chi connectivity index (χ4n) is 4.18. The van der Waals surface area contributed by atoms with E-state index in [1.54, 1.807) is 0 Å². The number of allylic oxidation sites excluding steroid dienone is 1. The summed E-state index contributed by atoms with van der Waals surface area (Å²) in [5, 5.41) is 1.34. The normalized spacial score (nSPS) is 27.2. The summed E-state index contributed by atoms with van der Waals surface area (Å²) < 4.78 is -1.25. The molecule has 5 heteroatoms. The number of hydrogen-bond donors (Lipinski definition) is 1. The molecule has 2 aliphatic heterocycles. The Morgan fingerprint density at radius 1 is 1.26 bits per heavy atom. The van der Waals surface area contributed by atoms with Gasteiger partial charge >= 0.3 is 0 Å². The SMILES string of the molecule is C/C=C1/CN2CCc3c([nH]c4ccccc34)[C@@H]2C[C@@H]1C(Cl)(Cl)Cl. The number of H-pyrrole nitrogens is 1. The molecule has 2 atom stereocenters. The number of para-hydroxylation sites is 1. The topological polar surface area (TPSA) is 19.0 Å². The predicted molar refractivity (Wildman–Crippen MR) is 98.5 cm³/mol. The third kappa shape index (κ3) is 2.60. The van der Waals surface area contributed by atoms with Crippen molar-refractivity contribution < 1.29 is 0 Å². The van der Waals surface area contributed by atoms with E-state index < -0.39 is 3.79 Å². The van der Waals surface area contributed by atoms with Gasteiger partial charge in [0.05, 0.1) is 6.04 Å². The number of benzene rings is 1. The minimum Gasteiger partial charge on any atom is -0.357 e. The van der Waals surface area contributed by atoms with Crippen LogP contribution in [0.3, 0.4) is 0 Å². The van der Waals surface area contributed by atoms with Crippen LogP contribution in [-0.4, -0.2) is 26.8 Å². The second-order valence-corrected chi connectivity index (χ2v) is 8.86. The highest BCUT2D eigenvalue weighted by molar-refractivity contribution is 6.67. The quantitative estimate of drug-likeness (QED) is 0.486. The van der Waals surface area contributed by atoms with Gasteiger partial charge in [-0.25, -0.2) is 0 Å². The standard InChI is InChI=1S/C18H19Cl3N2/c1-2-11-10-23-8-7-13-12-5-3-4-6-15(12)22-17(13)16(23)9-14(11)18(19,20)21/h2-6,14,16,22H,7-10H2,1H3/b11-2-/t14-,16-/m0/s1. The lowest BCUT2D eigenvalue weighted by Gasteiger charge is -2.45. The lowest BCUT2D eigenvalue weighted by molar-refractivity contribution is 0.139. The van der Waals surface area contributed by atoms with Gasteiger partial charge in [0.25, 0.3) is 0 Å². The molecule has 0 spiro atoms. The lowest BCUT2D eigenvalue weighted by atomic mass is 9.82. The van der Waals surface area contributed by atoms with Crippen molar-refractivity contribution in [3.05, 3.63) is 47.2 Å². The van der Waals surface area contributed by atoms with Gasteiger partial charge < -0.3 is 4.98 Å². The molecule has 23 heavy (non-hydrogen) atoms. The summed E-state index contributed by atoms with van der Waals surface area (Å²) in [6.45, 7) is 3.98. The third-order valence-corrected chi connectivity index (χ3v) is 6.12. The molecule has 0 saturated carbocycles. The summed E-state index contributed by atoms with van der Waals surface area (Å²) in [7, 11) is 0. The second-order valence-electron chi connectivity index (χ2n) is 6.49. The van der Waals surface area contributed by atoms with Gasteiger partial charge in [0.2, 0.25) is 0 Å². The van der Waals surface area contributed by atoms with Crippen molar-refractivity contribution in [2.45, 2.75) is 29.6 Å². The van der Waals surface area contributed by atoms with E-state index in [2.05, 4.69) is 40.2 Å². The first kappa shape index (κ1) is 15.8. The van der Waals surface area contributed by atoms with E-state index in [1.165, 1.54) is 27.7 Å². The average molecular weight is 370 g/mol. The number of nitrogens with zero attached hydrogens (tertiary/aromatic N) is 1. The van der Waals surface area contributed by atoms with Gasteiger partial charge in [-0.3, -0.25) is 4.90 Å². The monoisotopic (exact) mass is 368 g/mol. The first-order chi connectivity index (χ1) is 11.0. The van der Waals surface area contributed by atoms with Crippen LogP contribution in [0, 0.1) is 5.92 Å². The van der Waals surface area contributed by atoms with Crippen LogP contribution >= 0.6 is 34.8 Å². The summed E-state index contributed by atoms with van der Waals surface area (Å²) >= 11 is 18.9. The number of nitrogens with one attached hydrogen (secondary N) is 1. The number of piperidine rings is 1. The summed E-state index contributed by atoms with van der Waals surface area (Å²) in [6, 6.07) is 8.82. The summed E-state index contributed by atoms with van der Waals surface area (Å²) in [5.41, 5.74) is 5.20. The maximum absolute atomic E-state index is 6.28. The molecule has 0 bridgehead atoms. The summed E-state index contributed by atoms with van der Waals surface area (Å²) in [5.74, 6) is -0.0314. The smallest absolute Gasteiger partial charge is 0.197 e. The van der Waals surface area contributed by atoms with E-state index in [-0.39, 0.29) is 5.92 Å². The number of hydrogen-bond acceptors (Lipinski definition) is 1. The van der Waals surface area contributed by atoms with Crippen LogP contribution in [0.5, 0.6) is 0 Å². The molecule has 3 heterocycles. The maximum atomic E-state index is 6.28. The van der Waals surface area contributed by atoms with Crippen molar-refractivity contribution in [3.8, 4) is 0 Å². The molecule has 4 rings (SSSR count). The molecule has 0 radical (unpaired) electrons. The van der Waals surface area contributed by atoms with Gasteiger partial charge in [-0.1, -0.05) is 64.7 Å². The molecular weight excluding hydrogens is 351 g/mol. The number of aromatic amines is 1. The summed E-state index contributed by atoms with van der Waals surface area (Å²) in [4.78, 5) is 6.14. The lowest BCUT2D eigenvalue weighted by Crippen LogP contribution is -2.45. The molecule has 1 aromatic carbocycles. The molecule has 2 aliphatic rings. The molecule has 2 aromatic rings. The summed E-state index contributed by atoms with van der Waals surface area (Å²) in [6.07, 6.45) is 4.03. The number of rotatable bonds is 0. The van der Waals surface area contributed by atoms with Crippen LogP contribution in [0.25, 0.3) is 10.9 Å². The Morgan fingerprint density at radius 3 is 2.78 bits per heavy atom. The molecule has 2 nitrogen and oxygen atoms in total. The van der Waals surface area contributed by atoms with E-state index in [0.717, 1.165) is 25.9 Å². The zero-order valence-corrected chi connectivity index (χ0v) is 15.2. The fraction of sp³-hybridized carbons (Fsp3) is 0.444. The van der Waals surface area contributed by atoms with Crippen LogP contribution in [0.1, 0.15) is 30.6 Å². The number of aromatic nitrogens is 1. The Labute approximate surface area is 151 Å². The minimum atomic E-state index is -1.25. The number of halogens is 3. The van der Waals surface area contributed by atoms with Crippen molar-refractivity contribution in [3.63, 3.8) is 0 Å². The Balaban J connectivity index is 1.78. The Hall–Kier alpha value is -0.670.